The Morgan fingerprint density at radius 2 is 0.475 bits per heavy atom. The molecule has 0 aromatic carbocycles. The van der Waals surface area contributed by atoms with Gasteiger partial charge in [0.2, 0.25) is 0 Å². The van der Waals surface area contributed by atoms with E-state index in [0.29, 0.717) is 25.7 Å². The Balaban J connectivity index is -0.00000240. The molecule has 360 valence electrons. The molecule has 0 aromatic rings. The molecule has 0 saturated carbocycles. The van der Waals surface area contributed by atoms with E-state index in [1.54, 1.807) is 0 Å². The van der Waals surface area contributed by atoms with Crippen molar-refractivity contribution in [1.82, 2.24) is 0 Å². The van der Waals surface area contributed by atoms with Crippen LogP contribution in [-0.4, -0.2) is 123 Å². The quantitative estimate of drug-likeness (QED) is 0.0264. The minimum Gasteiger partial charge on any atom is -0.748 e. The fraction of sp³-hybridized carbons (Fsp3) is 0.973. The van der Waals surface area contributed by atoms with Crippen LogP contribution in [0.25, 0.3) is 0 Å². The summed E-state index contributed by atoms with van der Waals surface area (Å²) >= 11 is 0. The van der Waals surface area contributed by atoms with Gasteiger partial charge in [0.15, 0.2) is 0 Å². The van der Waals surface area contributed by atoms with Gasteiger partial charge in [0.05, 0.1) is 40.5 Å². The SMILES string of the molecule is CC(=O)O.O=S(=O)([O-])CCCCCCCCP(CCCCCCCCS(=O)(=O)[O-])CCCP(CCCCCCCCS(=O)(=O)[O-])CCCCCCCCS(=O)(=O)[O-].[Pd+2].[Pd+2]. The van der Waals surface area contributed by atoms with E-state index in [-0.39, 0.29) is 79.7 Å². The van der Waals surface area contributed by atoms with Crippen molar-refractivity contribution in [3.63, 3.8) is 0 Å². The van der Waals surface area contributed by atoms with Gasteiger partial charge in [0.1, 0.15) is 0 Å². The Kier molecular flexibility index (Phi) is 47.6. The summed E-state index contributed by atoms with van der Waals surface area (Å²) in [4.78, 5) is 9.00. The fourth-order valence-electron chi connectivity index (χ4n) is 6.47. The van der Waals surface area contributed by atoms with Crippen molar-refractivity contribution in [2.24, 2.45) is 0 Å². The Labute approximate surface area is 389 Å². The zero-order valence-electron chi connectivity index (χ0n) is 35.2. The van der Waals surface area contributed by atoms with E-state index in [2.05, 4.69) is 0 Å². The van der Waals surface area contributed by atoms with Gasteiger partial charge in [-0.1, -0.05) is 103 Å². The molecule has 59 heavy (non-hydrogen) atoms. The predicted molar refractivity (Wildman–Crippen MR) is 230 cm³/mol. The van der Waals surface area contributed by atoms with E-state index in [4.69, 9.17) is 9.90 Å². The standard InChI is InChI=1S/C35H74O12P2S4.C2H4O2.2Pd/c36-50(37,38)32-21-13-5-1-9-17-26-48(27-18-10-2-6-14-22-33-51(39,40)41)30-25-31-49(28-19-11-3-7-15-23-34-52(42,43)44)29-20-12-4-8-16-24-35-53(45,46)47;1-2(3)4;;/h1-35H2,(H,36,37,38)(H,39,40,41)(H,42,43,44)(H,45,46,47);1H3,(H,3,4);;/q;;2*+2/p-4. The number of carboxylic acid groups (broad SMARTS) is 1. The summed E-state index contributed by atoms with van der Waals surface area (Å²) in [6.45, 7) is 1.08. The first kappa shape index (κ1) is 66.9. The number of aliphatic carboxylic acids is 1. The van der Waals surface area contributed by atoms with Crippen LogP contribution in [0.1, 0.15) is 167 Å². The molecule has 0 rings (SSSR count). The summed E-state index contributed by atoms with van der Waals surface area (Å²) in [5.74, 6) is -1.97. The van der Waals surface area contributed by atoms with Gasteiger partial charge in [-0.25, -0.2) is 33.7 Å². The predicted octanol–water partition coefficient (Wildman–Crippen LogP) is 7.97. The van der Waals surface area contributed by atoms with Crippen LogP contribution in [0, 0.1) is 0 Å². The fourth-order valence-corrected chi connectivity index (χ4v) is 14.2. The van der Waals surface area contributed by atoms with E-state index in [0.717, 1.165) is 135 Å². The van der Waals surface area contributed by atoms with Gasteiger partial charge in [0.25, 0.3) is 5.97 Å². The molecule has 22 heteroatoms. The van der Waals surface area contributed by atoms with Crippen LogP contribution in [0.5, 0.6) is 0 Å². The monoisotopic (exact) mass is 1140 g/mol. The molecule has 0 aliphatic carbocycles. The van der Waals surface area contributed by atoms with E-state index in [9.17, 15) is 51.9 Å². The normalized spacial score (nSPS) is 12.2. The summed E-state index contributed by atoms with van der Waals surface area (Å²) < 4.78 is 130. The van der Waals surface area contributed by atoms with Crippen molar-refractivity contribution >= 4 is 62.3 Å². The van der Waals surface area contributed by atoms with Crippen LogP contribution < -0.4 is 0 Å². The smallest absolute Gasteiger partial charge is 0.748 e. The van der Waals surface area contributed by atoms with Gasteiger partial charge in [-0.2, -0.15) is 0 Å². The first-order valence-corrected chi connectivity index (χ1v) is 31.1. The summed E-state index contributed by atoms with van der Waals surface area (Å²) in [6.07, 6.45) is 30.4. The molecule has 14 nitrogen and oxygen atoms in total. The molecule has 0 aromatic heterocycles. The van der Waals surface area contributed by atoms with Crippen LogP contribution in [0.15, 0.2) is 0 Å². The van der Waals surface area contributed by atoms with Gasteiger partial charge < -0.3 is 23.3 Å². The van der Waals surface area contributed by atoms with Crippen molar-refractivity contribution in [3.8, 4) is 0 Å². The van der Waals surface area contributed by atoms with Crippen molar-refractivity contribution in [2.75, 3.05) is 60.0 Å². The number of carbonyl (C=O) groups is 1. The van der Waals surface area contributed by atoms with Gasteiger partial charge in [-0.15, -0.1) is 15.8 Å². The van der Waals surface area contributed by atoms with E-state index in [1.165, 1.54) is 43.4 Å². The molecule has 0 radical (unpaired) electrons. The minimum absolute atomic E-state index is 0. The third-order valence-electron chi connectivity index (χ3n) is 9.42. The van der Waals surface area contributed by atoms with E-state index < -0.39 is 46.4 Å². The average Bonchev–Trinajstić information content (AvgIpc) is 3.06. The number of rotatable bonds is 40. The molecular weight excluding hydrogens is 1070 g/mol. The second-order valence-corrected chi connectivity index (χ2v) is 26.5. The molecule has 1 N–H and O–H groups in total. The largest absolute Gasteiger partial charge is 2.00 e. The van der Waals surface area contributed by atoms with Crippen LogP contribution in [0.3, 0.4) is 0 Å². The molecular formula is C37H74O14P2Pd2S4. The van der Waals surface area contributed by atoms with Crippen LogP contribution in [0.2, 0.25) is 0 Å². The Hall–Kier alpha value is 1.29. The van der Waals surface area contributed by atoms with Crippen LogP contribution >= 0.6 is 15.8 Å². The maximum Gasteiger partial charge on any atom is 2.00 e. The second kappa shape index (κ2) is 42.0. The average molecular weight is 1150 g/mol. The molecule has 0 atom stereocenters. The van der Waals surface area contributed by atoms with E-state index >= 15 is 0 Å². The molecule has 0 saturated heterocycles. The zero-order chi connectivity index (χ0) is 43.5. The van der Waals surface area contributed by atoms with Gasteiger partial charge in [-0.3, -0.25) is 4.79 Å². The number of hydrogen-bond acceptors (Lipinski definition) is 13. The van der Waals surface area contributed by atoms with Crippen LogP contribution in [0.4, 0.5) is 0 Å². The number of unbranched alkanes of at least 4 members (excludes halogenated alkanes) is 20. The molecule has 0 aliphatic heterocycles. The summed E-state index contributed by atoms with van der Waals surface area (Å²) in [5.41, 5.74) is 0. The first-order chi connectivity index (χ1) is 26.6. The van der Waals surface area contributed by atoms with Gasteiger partial charge >= 0.3 is 40.8 Å². The molecule has 0 heterocycles. The Morgan fingerprint density at radius 3 is 0.644 bits per heavy atom. The Morgan fingerprint density at radius 1 is 0.339 bits per heavy atom. The molecule has 0 unspecified atom stereocenters. The molecule has 0 fully saturated rings. The Bertz CT molecular complexity index is 1220. The minimum atomic E-state index is -4.14. The van der Waals surface area contributed by atoms with Crippen molar-refractivity contribution in [2.45, 2.75) is 167 Å². The second-order valence-electron chi connectivity index (χ2n) is 15.1. The van der Waals surface area contributed by atoms with E-state index in [1.807, 2.05) is 0 Å². The summed E-state index contributed by atoms with van der Waals surface area (Å²) in [5, 5.41) is 7.42. The van der Waals surface area contributed by atoms with Crippen molar-refractivity contribution < 1.29 is 103 Å². The number of hydrogen-bond donors (Lipinski definition) is 1. The molecule has 0 aliphatic rings. The first-order valence-electron chi connectivity index (χ1n) is 21.0. The van der Waals surface area contributed by atoms with Crippen molar-refractivity contribution in [3.05, 3.63) is 0 Å². The van der Waals surface area contributed by atoms with Crippen LogP contribution in [-0.2, 0) is 86.1 Å². The maximum absolute atomic E-state index is 10.8. The number of carboxylic acids is 1. The summed E-state index contributed by atoms with van der Waals surface area (Å²) in [6, 6.07) is 0. The molecule has 0 spiro atoms. The molecule has 0 bridgehead atoms. The third-order valence-corrected chi connectivity index (χ3v) is 18.3. The van der Waals surface area contributed by atoms with Gasteiger partial charge in [-0.05, 0) is 94.8 Å². The zero-order valence-corrected chi connectivity index (χ0v) is 43.3. The van der Waals surface area contributed by atoms with Gasteiger partial charge in [0, 0.05) is 29.9 Å². The topological polar surface area (TPSA) is 266 Å². The van der Waals surface area contributed by atoms with Crippen molar-refractivity contribution in [1.29, 1.82) is 0 Å². The third kappa shape index (κ3) is 63.7. The molecule has 0 amide bonds. The summed E-state index contributed by atoms with van der Waals surface area (Å²) in [7, 11) is -16.8. The maximum atomic E-state index is 10.8.